The van der Waals surface area contributed by atoms with Crippen LogP contribution in [0.25, 0.3) is 5.69 Å². The molecular weight excluding hydrogens is 411 g/mol. The molecule has 0 spiro atoms. The maximum Gasteiger partial charge on any atom is 0.435 e. The molecule has 1 N–H and O–H groups in total. The van der Waals surface area contributed by atoms with E-state index >= 15 is 0 Å². The van der Waals surface area contributed by atoms with Gasteiger partial charge in [-0.05, 0) is 42.5 Å². The first kappa shape index (κ1) is 22.0. The van der Waals surface area contributed by atoms with Gasteiger partial charge in [0.15, 0.2) is 5.69 Å². The number of nitrogens with one attached hydrogen (secondary N) is 1. The number of rotatable bonds is 7. The van der Waals surface area contributed by atoms with Crippen LogP contribution in [-0.2, 0) is 17.4 Å². The van der Waals surface area contributed by atoms with E-state index < -0.39 is 17.8 Å². The van der Waals surface area contributed by atoms with E-state index in [9.17, 15) is 22.8 Å². The van der Waals surface area contributed by atoms with Gasteiger partial charge >= 0.3 is 6.18 Å². The quantitative estimate of drug-likeness (QED) is 0.624. The number of benzene rings is 1. The van der Waals surface area contributed by atoms with Gasteiger partial charge in [-0.2, -0.15) is 18.3 Å². The van der Waals surface area contributed by atoms with Gasteiger partial charge in [0.2, 0.25) is 5.91 Å². The topological polar surface area (TPSA) is 80.1 Å². The third kappa shape index (κ3) is 5.91. The number of hydrogen-bond donors (Lipinski definition) is 1. The summed E-state index contributed by atoms with van der Waals surface area (Å²) in [6.07, 6.45) is -1.05. The van der Waals surface area contributed by atoms with Crippen molar-refractivity contribution in [2.75, 3.05) is 20.1 Å². The number of amides is 2. The minimum absolute atomic E-state index is 0.173. The average molecular weight is 431 g/mol. The molecule has 0 saturated carbocycles. The van der Waals surface area contributed by atoms with Gasteiger partial charge in [-0.25, -0.2) is 4.68 Å². The fourth-order valence-electron chi connectivity index (χ4n) is 2.73. The Morgan fingerprint density at radius 1 is 1.10 bits per heavy atom. The van der Waals surface area contributed by atoms with Crippen LogP contribution in [-0.4, -0.2) is 51.6 Å². The molecule has 0 radical (unpaired) electrons. The number of aromatic nitrogens is 3. The fraction of sp³-hybridized carbons (Fsp3) is 0.238. The van der Waals surface area contributed by atoms with Crippen LogP contribution in [0.5, 0.6) is 0 Å². The van der Waals surface area contributed by atoms with E-state index in [1.54, 1.807) is 13.2 Å². The monoisotopic (exact) mass is 431 g/mol. The first-order chi connectivity index (χ1) is 14.7. The van der Waals surface area contributed by atoms with E-state index in [0.717, 1.165) is 16.4 Å². The van der Waals surface area contributed by atoms with Crippen LogP contribution in [0.1, 0.15) is 21.7 Å². The molecule has 7 nitrogen and oxygen atoms in total. The molecule has 2 heterocycles. The smallest absolute Gasteiger partial charge is 0.344 e. The first-order valence-electron chi connectivity index (χ1n) is 9.39. The number of carbonyl (C=O) groups is 2. The lowest BCUT2D eigenvalue weighted by Crippen LogP contribution is -2.39. The lowest BCUT2D eigenvalue weighted by Gasteiger charge is -2.17. The number of nitrogens with zero attached hydrogens (tertiary/aromatic N) is 4. The van der Waals surface area contributed by atoms with Gasteiger partial charge in [-0.1, -0.05) is 6.07 Å². The van der Waals surface area contributed by atoms with Crippen LogP contribution < -0.4 is 5.32 Å². The number of likely N-dealkylation sites (N-methyl/N-ethyl adjacent to an activating group) is 1. The summed E-state index contributed by atoms with van der Waals surface area (Å²) in [7, 11) is 1.64. The minimum Gasteiger partial charge on any atom is -0.344 e. The van der Waals surface area contributed by atoms with Crippen molar-refractivity contribution in [2.24, 2.45) is 0 Å². The number of halogens is 3. The third-order valence-corrected chi connectivity index (χ3v) is 4.53. The molecule has 3 aromatic rings. The van der Waals surface area contributed by atoms with Gasteiger partial charge in [0.25, 0.3) is 5.91 Å². The maximum absolute atomic E-state index is 12.7. The van der Waals surface area contributed by atoms with Gasteiger partial charge in [0.05, 0.1) is 12.2 Å². The van der Waals surface area contributed by atoms with Gasteiger partial charge in [-0.3, -0.25) is 14.6 Å². The molecule has 162 valence electrons. The summed E-state index contributed by atoms with van der Waals surface area (Å²) in [6.45, 7) is 0.289. The van der Waals surface area contributed by atoms with Crippen molar-refractivity contribution in [2.45, 2.75) is 12.6 Å². The van der Waals surface area contributed by atoms with Crippen LogP contribution in [0, 0.1) is 0 Å². The van der Waals surface area contributed by atoms with E-state index in [1.807, 2.05) is 18.2 Å². The fourth-order valence-corrected chi connectivity index (χ4v) is 2.73. The Morgan fingerprint density at radius 2 is 1.84 bits per heavy atom. The number of alkyl halides is 3. The normalized spacial score (nSPS) is 11.2. The summed E-state index contributed by atoms with van der Waals surface area (Å²) >= 11 is 0. The van der Waals surface area contributed by atoms with Crippen LogP contribution in [0.15, 0.2) is 60.9 Å². The molecule has 0 atom stereocenters. The zero-order valence-electron chi connectivity index (χ0n) is 16.6. The van der Waals surface area contributed by atoms with Crippen LogP contribution in [0.2, 0.25) is 0 Å². The van der Waals surface area contributed by atoms with Gasteiger partial charge in [-0.15, -0.1) is 0 Å². The second kappa shape index (κ2) is 9.41. The SMILES string of the molecule is CN(CCc1ccccn1)C(=O)CNC(=O)c1ccc(-n2ccc(C(F)(F)F)n2)cc1. The molecule has 0 bridgehead atoms. The van der Waals surface area contributed by atoms with Crippen molar-refractivity contribution in [1.82, 2.24) is 25.0 Å². The van der Waals surface area contributed by atoms with Crippen molar-refractivity contribution in [1.29, 1.82) is 0 Å². The van der Waals surface area contributed by atoms with Gasteiger partial charge in [0.1, 0.15) is 0 Å². The molecule has 0 aliphatic rings. The lowest BCUT2D eigenvalue weighted by molar-refractivity contribution is -0.141. The summed E-state index contributed by atoms with van der Waals surface area (Å²) in [5.41, 5.74) is 0.513. The Bertz CT molecular complexity index is 1030. The summed E-state index contributed by atoms with van der Waals surface area (Å²) in [5.74, 6) is -0.716. The highest BCUT2D eigenvalue weighted by Gasteiger charge is 2.33. The zero-order valence-corrected chi connectivity index (χ0v) is 16.6. The van der Waals surface area contributed by atoms with Crippen molar-refractivity contribution >= 4 is 11.8 Å². The molecule has 0 unspecified atom stereocenters. The summed E-state index contributed by atoms with van der Waals surface area (Å²) in [4.78, 5) is 30.2. The second-order valence-electron chi connectivity index (χ2n) is 6.76. The predicted molar refractivity (Wildman–Crippen MR) is 106 cm³/mol. The summed E-state index contributed by atoms with van der Waals surface area (Å²) < 4.78 is 39.1. The molecule has 2 aromatic heterocycles. The number of pyridine rings is 1. The Balaban J connectivity index is 1.51. The number of hydrogen-bond acceptors (Lipinski definition) is 4. The van der Waals surface area contributed by atoms with E-state index in [-0.39, 0.29) is 18.0 Å². The van der Waals surface area contributed by atoms with E-state index in [2.05, 4.69) is 15.4 Å². The van der Waals surface area contributed by atoms with E-state index in [4.69, 9.17) is 0 Å². The van der Waals surface area contributed by atoms with Gasteiger partial charge in [0, 0.05) is 43.7 Å². The van der Waals surface area contributed by atoms with Crippen molar-refractivity contribution in [3.63, 3.8) is 0 Å². The van der Waals surface area contributed by atoms with E-state index in [1.165, 1.54) is 35.4 Å². The summed E-state index contributed by atoms with van der Waals surface area (Å²) in [6, 6.07) is 12.3. The van der Waals surface area contributed by atoms with Crippen LogP contribution in [0.3, 0.4) is 0 Å². The second-order valence-corrected chi connectivity index (χ2v) is 6.76. The zero-order chi connectivity index (χ0) is 22.4. The Labute approximate surface area is 176 Å². The summed E-state index contributed by atoms with van der Waals surface area (Å²) in [5, 5.41) is 6.03. The molecule has 0 aliphatic carbocycles. The molecule has 0 aliphatic heterocycles. The highest BCUT2D eigenvalue weighted by molar-refractivity contribution is 5.96. The average Bonchev–Trinajstić information content (AvgIpc) is 3.27. The van der Waals surface area contributed by atoms with Crippen LogP contribution in [0.4, 0.5) is 13.2 Å². The lowest BCUT2D eigenvalue weighted by atomic mass is 10.2. The molecule has 10 heteroatoms. The maximum atomic E-state index is 12.7. The molecule has 1 aromatic carbocycles. The molecule has 3 rings (SSSR count). The molecule has 0 fully saturated rings. The minimum atomic E-state index is -4.53. The van der Waals surface area contributed by atoms with Gasteiger partial charge < -0.3 is 10.2 Å². The van der Waals surface area contributed by atoms with Crippen molar-refractivity contribution in [3.8, 4) is 5.69 Å². The van der Waals surface area contributed by atoms with Crippen LogP contribution >= 0.6 is 0 Å². The third-order valence-electron chi connectivity index (χ3n) is 4.53. The van der Waals surface area contributed by atoms with E-state index in [0.29, 0.717) is 18.7 Å². The Kier molecular flexibility index (Phi) is 6.68. The first-order valence-corrected chi connectivity index (χ1v) is 9.39. The largest absolute Gasteiger partial charge is 0.435 e. The molecule has 31 heavy (non-hydrogen) atoms. The Hall–Kier alpha value is -3.69. The highest BCUT2D eigenvalue weighted by Crippen LogP contribution is 2.27. The molecule has 2 amide bonds. The standard InChI is InChI=1S/C21H20F3N5O2/c1-28(12-9-16-4-2-3-11-25-16)19(30)14-26-20(31)15-5-7-17(8-6-15)29-13-10-18(27-29)21(22,23)24/h2-8,10-11,13H,9,12,14H2,1H3,(H,26,31). The highest BCUT2D eigenvalue weighted by atomic mass is 19.4. The predicted octanol–water partition coefficient (Wildman–Crippen LogP) is 2.72. The van der Waals surface area contributed by atoms with Crippen molar-refractivity contribution in [3.05, 3.63) is 77.9 Å². The number of carbonyl (C=O) groups excluding carboxylic acids is 2. The Morgan fingerprint density at radius 3 is 2.45 bits per heavy atom. The molecule has 0 saturated heterocycles. The molecular formula is C21H20F3N5O2. The van der Waals surface area contributed by atoms with Crippen molar-refractivity contribution < 1.29 is 22.8 Å².